The van der Waals surface area contributed by atoms with Crippen LogP contribution in [-0.4, -0.2) is 59.9 Å². The molecule has 0 fully saturated rings. The van der Waals surface area contributed by atoms with Crippen LogP contribution in [-0.2, 0) is 22.5 Å². The number of methoxy groups -OCH3 is 1. The molecule has 0 unspecified atom stereocenters. The average Bonchev–Trinajstić information content (AvgIpc) is 3.41. The second kappa shape index (κ2) is 13.1. The zero-order chi connectivity index (χ0) is 27.7. The van der Waals surface area contributed by atoms with Gasteiger partial charge in [-0.15, -0.1) is 0 Å². The molecule has 2 amide bonds. The van der Waals surface area contributed by atoms with E-state index in [4.69, 9.17) is 4.74 Å². The van der Waals surface area contributed by atoms with E-state index in [2.05, 4.69) is 17.1 Å². The number of carbonyl (C=O) groups is 2. The maximum Gasteiger partial charge on any atom is 0.254 e. The van der Waals surface area contributed by atoms with Gasteiger partial charge in [-0.2, -0.15) is 0 Å². The minimum Gasteiger partial charge on any atom is -0.385 e. The van der Waals surface area contributed by atoms with Gasteiger partial charge in [-0.05, 0) is 46.9 Å². The van der Waals surface area contributed by atoms with Gasteiger partial charge in [0, 0.05) is 56.0 Å². The van der Waals surface area contributed by atoms with Crippen LogP contribution in [0, 0.1) is 0 Å². The summed E-state index contributed by atoms with van der Waals surface area (Å²) < 4.78 is 5.26. The number of nitrogens with one attached hydrogen (secondary N) is 1. The van der Waals surface area contributed by atoms with Crippen LogP contribution < -0.4 is 0 Å². The van der Waals surface area contributed by atoms with Crippen LogP contribution in [0.5, 0.6) is 0 Å². The number of nitrogens with zero attached hydrogens (tertiary/aromatic N) is 2. The summed E-state index contributed by atoms with van der Waals surface area (Å²) >= 11 is 0. The molecule has 1 heterocycles. The summed E-state index contributed by atoms with van der Waals surface area (Å²) in [6.45, 7) is 1.98. The molecule has 0 aliphatic heterocycles. The minimum atomic E-state index is -0.141. The van der Waals surface area contributed by atoms with E-state index in [1.807, 2.05) is 96.0 Å². The van der Waals surface area contributed by atoms with Crippen LogP contribution in [0.15, 0.2) is 103 Å². The van der Waals surface area contributed by atoms with Crippen LogP contribution in [0.1, 0.15) is 27.9 Å². The van der Waals surface area contributed by atoms with Gasteiger partial charge in [-0.3, -0.25) is 9.59 Å². The van der Waals surface area contributed by atoms with E-state index in [9.17, 15) is 9.59 Å². The number of amides is 2. The first-order valence-corrected chi connectivity index (χ1v) is 13.8. The molecule has 40 heavy (non-hydrogen) atoms. The van der Waals surface area contributed by atoms with Crippen LogP contribution >= 0.6 is 0 Å². The molecule has 6 heteroatoms. The second-order valence-corrected chi connectivity index (χ2v) is 10.0. The van der Waals surface area contributed by atoms with Crippen molar-refractivity contribution in [1.82, 2.24) is 14.8 Å². The number of aromatic amines is 1. The number of H-pyrrole nitrogens is 1. The van der Waals surface area contributed by atoms with Gasteiger partial charge < -0.3 is 19.5 Å². The van der Waals surface area contributed by atoms with E-state index in [0.717, 1.165) is 21.9 Å². The van der Waals surface area contributed by atoms with Crippen molar-refractivity contribution in [2.45, 2.75) is 19.4 Å². The zero-order valence-electron chi connectivity index (χ0n) is 22.9. The summed E-state index contributed by atoms with van der Waals surface area (Å²) in [6.07, 6.45) is 3.38. The first kappa shape index (κ1) is 27.2. The summed E-state index contributed by atoms with van der Waals surface area (Å²) in [5.74, 6) is -0.216. The molecule has 0 saturated heterocycles. The molecule has 5 aromatic rings. The molecule has 1 aromatic heterocycles. The second-order valence-electron chi connectivity index (χ2n) is 10.0. The van der Waals surface area contributed by atoms with Gasteiger partial charge in [0.1, 0.15) is 6.54 Å². The molecule has 0 aliphatic rings. The number of aromatic nitrogens is 1. The molecule has 0 saturated carbocycles. The summed E-state index contributed by atoms with van der Waals surface area (Å²) in [5, 5.41) is 3.06. The number of hydrogen-bond donors (Lipinski definition) is 1. The van der Waals surface area contributed by atoms with Crippen LogP contribution in [0.4, 0.5) is 0 Å². The summed E-state index contributed by atoms with van der Waals surface area (Å²) in [4.78, 5) is 34.7. The van der Waals surface area contributed by atoms with Gasteiger partial charge >= 0.3 is 0 Å². The van der Waals surface area contributed by atoms with E-state index in [0.29, 0.717) is 44.6 Å². The molecule has 5 rings (SSSR count). The van der Waals surface area contributed by atoms with E-state index in [1.165, 1.54) is 10.9 Å². The van der Waals surface area contributed by atoms with Crippen molar-refractivity contribution in [3.8, 4) is 0 Å². The number of para-hydroxylation sites is 1. The number of fused-ring (bicyclic) bond motifs is 2. The Hall–Kier alpha value is -4.42. The molecule has 0 aliphatic carbocycles. The van der Waals surface area contributed by atoms with Crippen LogP contribution in [0.3, 0.4) is 0 Å². The Balaban J connectivity index is 1.38. The highest BCUT2D eigenvalue weighted by atomic mass is 16.5. The molecule has 0 atom stereocenters. The SMILES string of the molecule is COCCCN(CC(=O)N(CCc1c[nH]c2ccccc12)Cc1ccccc1)C(=O)c1cccc2ccccc12. The van der Waals surface area contributed by atoms with Gasteiger partial charge in [0.05, 0.1) is 0 Å². The van der Waals surface area contributed by atoms with Gasteiger partial charge in [-0.25, -0.2) is 0 Å². The van der Waals surface area contributed by atoms with E-state index in [-0.39, 0.29) is 18.4 Å². The lowest BCUT2D eigenvalue weighted by Gasteiger charge is -2.28. The Morgan fingerprint density at radius 1 is 0.775 bits per heavy atom. The fourth-order valence-electron chi connectivity index (χ4n) is 5.19. The third-order valence-corrected chi connectivity index (χ3v) is 7.30. The Morgan fingerprint density at radius 3 is 2.33 bits per heavy atom. The Bertz CT molecular complexity index is 1570. The molecular formula is C34H35N3O3. The third-order valence-electron chi connectivity index (χ3n) is 7.30. The molecule has 4 aromatic carbocycles. The van der Waals surface area contributed by atoms with Gasteiger partial charge in [0.25, 0.3) is 5.91 Å². The zero-order valence-corrected chi connectivity index (χ0v) is 22.9. The van der Waals surface area contributed by atoms with Crippen molar-refractivity contribution < 1.29 is 14.3 Å². The Morgan fingerprint density at radius 2 is 1.50 bits per heavy atom. The highest BCUT2D eigenvalue weighted by Gasteiger charge is 2.24. The number of benzene rings is 4. The predicted molar refractivity (Wildman–Crippen MR) is 160 cm³/mol. The van der Waals surface area contributed by atoms with Crippen molar-refractivity contribution in [2.75, 3.05) is 33.4 Å². The average molecular weight is 534 g/mol. The highest BCUT2D eigenvalue weighted by molar-refractivity contribution is 6.07. The number of ether oxygens (including phenoxy) is 1. The molecule has 204 valence electrons. The lowest BCUT2D eigenvalue weighted by Crippen LogP contribution is -2.44. The standard InChI is InChI=1S/C34H35N3O3/c1-40-22-10-20-37(34(39)31-17-9-14-27-13-5-6-15-29(27)31)25-33(38)36(24-26-11-3-2-4-12-26)21-19-28-23-35-32-18-8-7-16-30(28)32/h2-9,11-18,23,35H,10,19-22,24-25H2,1H3. The maximum absolute atomic E-state index is 13.9. The lowest BCUT2D eigenvalue weighted by molar-refractivity contribution is -0.132. The van der Waals surface area contributed by atoms with Crippen LogP contribution in [0.25, 0.3) is 21.7 Å². The van der Waals surface area contributed by atoms with E-state index < -0.39 is 0 Å². The lowest BCUT2D eigenvalue weighted by atomic mass is 10.0. The fraction of sp³-hybridized carbons (Fsp3) is 0.235. The quantitative estimate of drug-likeness (QED) is 0.198. The van der Waals surface area contributed by atoms with Crippen LogP contribution in [0.2, 0.25) is 0 Å². The largest absolute Gasteiger partial charge is 0.385 e. The molecular weight excluding hydrogens is 498 g/mol. The molecule has 0 radical (unpaired) electrons. The fourth-order valence-corrected chi connectivity index (χ4v) is 5.19. The van der Waals surface area contributed by atoms with Crippen molar-refractivity contribution in [1.29, 1.82) is 0 Å². The van der Waals surface area contributed by atoms with Gasteiger partial charge in [-0.1, -0.05) is 84.9 Å². The normalized spacial score (nSPS) is 11.1. The number of carbonyl (C=O) groups excluding carboxylic acids is 2. The maximum atomic E-state index is 13.9. The van der Waals surface area contributed by atoms with Crippen molar-refractivity contribution in [3.05, 3.63) is 120 Å². The van der Waals surface area contributed by atoms with Crippen molar-refractivity contribution >= 4 is 33.5 Å². The van der Waals surface area contributed by atoms with E-state index in [1.54, 1.807) is 12.0 Å². The summed E-state index contributed by atoms with van der Waals surface area (Å²) in [5.41, 5.74) is 3.92. The Labute approximate surface area is 235 Å². The van der Waals surface area contributed by atoms with Crippen molar-refractivity contribution in [2.24, 2.45) is 0 Å². The third kappa shape index (κ3) is 6.41. The minimum absolute atomic E-state index is 0.00644. The molecule has 6 nitrogen and oxygen atoms in total. The van der Waals surface area contributed by atoms with E-state index >= 15 is 0 Å². The smallest absolute Gasteiger partial charge is 0.254 e. The highest BCUT2D eigenvalue weighted by Crippen LogP contribution is 2.21. The first-order valence-electron chi connectivity index (χ1n) is 13.8. The first-order chi connectivity index (χ1) is 19.6. The topological polar surface area (TPSA) is 65.6 Å². The monoisotopic (exact) mass is 533 g/mol. The number of hydrogen-bond acceptors (Lipinski definition) is 3. The van der Waals surface area contributed by atoms with Gasteiger partial charge in [0.2, 0.25) is 5.91 Å². The van der Waals surface area contributed by atoms with Crippen molar-refractivity contribution in [3.63, 3.8) is 0 Å². The molecule has 1 N–H and O–H groups in total. The summed E-state index contributed by atoms with van der Waals surface area (Å²) in [7, 11) is 1.65. The molecule has 0 bridgehead atoms. The van der Waals surface area contributed by atoms with Gasteiger partial charge in [0.15, 0.2) is 0 Å². The number of rotatable bonds is 12. The predicted octanol–water partition coefficient (Wildman–Crippen LogP) is 6.07. The molecule has 0 spiro atoms. The summed E-state index contributed by atoms with van der Waals surface area (Å²) in [6, 6.07) is 31.8. The Kier molecular flexibility index (Phi) is 8.89.